The van der Waals surface area contributed by atoms with E-state index in [-0.39, 0.29) is 35.1 Å². The maximum Gasteiger partial charge on any atom is 0.341 e. The van der Waals surface area contributed by atoms with Gasteiger partial charge in [-0.1, -0.05) is 0 Å². The number of allylic oxidation sites excluding steroid dienone is 2. The highest BCUT2D eigenvalue weighted by molar-refractivity contribution is 7.18. The summed E-state index contributed by atoms with van der Waals surface area (Å²) in [5.41, 5.74) is 0.907. The van der Waals surface area contributed by atoms with Crippen LogP contribution in [0.15, 0.2) is 16.3 Å². The number of ether oxygens (including phenoxy) is 1. The van der Waals surface area contributed by atoms with E-state index in [2.05, 4.69) is 4.99 Å². The van der Waals surface area contributed by atoms with Crippen LogP contribution in [0.3, 0.4) is 0 Å². The van der Waals surface area contributed by atoms with Gasteiger partial charge < -0.3 is 9.84 Å². The van der Waals surface area contributed by atoms with Crippen molar-refractivity contribution >= 4 is 40.1 Å². The topological polar surface area (TPSA) is 93.0 Å². The second-order valence-corrected chi connectivity index (χ2v) is 6.41. The molecule has 1 N–H and O–H groups in total. The summed E-state index contributed by atoms with van der Waals surface area (Å²) >= 11 is 1.08. The zero-order chi connectivity index (χ0) is 17.9. The summed E-state index contributed by atoms with van der Waals surface area (Å²) in [6, 6.07) is 0. The van der Waals surface area contributed by atoms with Gasteiger partial charge in [0.25, 0.3) is 0 Å². The van der Waals surface area contributed by atoms with Gasteiger partial charge in [-0.3, -0.25) is 9.59 Å². The monoisotopic (exact) mass is 349 g/mol. The third-order valence-corrected chi connectivity index (χ3v) is 4.97. The molecular weight excluding hydrogens is 330 g/mol. The van der Waals surface area contributed by atoms with E-state index in [1.807, 2.05) is 0 Å². The van der Waals surface area contributed by atoms with E-state index in [0.717, 1.165) is 11.3 Å². The number of hydrogen-bond donors (Lipinski definition) is 1. The van der Waals surface area contributed by atoms with Crippen LogP contribution in [0.4, 0.5) is 5.00 Å². The highest BCUT2D eigenvalue weighted by Gasteiger charge is 2.24. The summed E-state index contributed by atoms with van der Waals surface area (Å²) in [7, 11) is 0. The molecule has 1 heterocycles. The average Bonchev–Trinajstić information content (AvgIpc) is 2.84. The third kappa shape index (κ3) is 3.62. The van der Waals surface area contributed by atoms with Crippen molar-refractivity contribution in [3.05, 3.63) is 27.3 Å². The predicted molar refractivity (Wildman–Crippen MR) is 91.7 cm³/mol. The van der Waals surface area contributed by atoms with Crippen molar-refractivity contribution in [1.29, 1.82) is 0 Å². The summed E-state index contributed by atoms with van der Waals surface area (Å²) in [4.78, 5) is 40.4. The molecule has 2 rings (SSSR count). The molecule has 0 aromatic carbocycles. The van der Waals surface area contributed by atoms with E-state index < -0.39 is 5.97 Å². The Morgan fingerprint density at radius 3 is 2.67 bits per heavy atom. The Hall–Kier alpha value is -2.28. The van der Waals surface area contributed by atoms with Gasteiger partial charge in [0.05, 0.1) is 22.6 Å². The second-order valence-electron chi connectivity index (χ2n) is 5.41. The normalized spacial score (nSPS) is 15.2. The fourth-order valence-corrected chi connectivity index (χ4v) is 3.52. The minimum Gasteiger partial charge on any atom is -0.512 e. The van der Waals surface area contributed by atoms with Gasteiger partial charge in [0, 0.05) is 19.1 Å². The van der Waals surface area contributed by atoms with Gasteiger partial charge in [0.15, 0.2) is 11.6 Å². The molecule has 1 aliphatic carbocycles. The van der Waals surface area contributed by atoms with Crippen LogP contribution in [0.5, 0.6) is 0 Å². The molecule has 0 saturated heterocycles. The molecule has 0 radical (unpaired) electrons. The van der Waals surface area contributed by atoms with Crippen LogP contribution < -0.4 is 0 Å². The number of hydrogen-bond acceptors (Lipinski definition) is 7. The number of thiophene rings is 1. The Bertz CT molecular complexity index is 757. The van der Waals surface area contributed by atoms with Crippen LogP contribution in [0.1, 0.15) is 58.7 Å². The molecule has 0 aliphatic heterocycles. The Kier molecular flexibility index (Phi) is 5.66. The molecule has 0 atom stereocenters. The zero-order valence-corrected chi connectivity index (χ0v) is 14.7. The minimum atomic E-state index is -0.556. The van der Waals surface area contributed by atoms with E-state index in [0.29, 0.717) is 34.7 Å². The summed E-state index contributed by atoms with van der Waals surface area (Å²) in [5.74, 6) is -0.896. The zero-order valence-electron chi connectivity index (χ0n) is 13.8. The van der Waals surface area contributed by atoms with E-state index in [1.165, 1.54) is 13.1 Å². The molecular formula is C17H19NO5S. The second kappa shape index (κ2) is 7.53. The Morgan fingerprint density at radius 1 is 1.38 bits per heavy atom. The molecule has 6 nitrogen and oxygen atoms in total. The number of ketones is 2. The molecule has 24 heavy (non-hydrogen) atoms. The number of carbonyl (C=O) groups excluding carboxylic acids is 3. The van der Waals surface area contributed by atoms with Gasteiger partial charge in [-0.05, 0) is 32.8 Å². The van der Waals surface area contributed by atoms with E-state index in [1.54, 1.807) is 13.8 Å². The van der Waals surface area contributed by atoms with Gasteiger partial charge >= 0.3 is 5.97 Å². The molecule has 7 heteroatoms. The van der Waals surface area contributed by atoms with Crippen molar-refractivity contribution in [2.45, 2.75) is 40.0 Å². The standard InChI is InChI=1S/C17H19NO5S/c1-4-23-17(22)14-9(2)15(10(3)19)24-16(14)18-8-11-12(20)6-5-7-13(11)21/h8,20H,4-7H2,1-3H3/b18-8+. The Morgan fingerprint density at radius 2 is 2.08 bits per heavy atom. The van der Waals surface area contributed by atoms with Gasteiger partial charge in [0.2, 0.25) is 0 Å². The highest BCUT2D eigenvalue weighted by atomic mass is 32.1. The molecule has 0 spiro atoms. The average molecular weight is 349 g/mol. The van der Waals surface area contributed by atoms with Crippen LogP contribution >= 0.6 is 11.3 Å². The van der Waals surface area contributed by atoms with Crippen molar-refractivity contribution in [2.75, 3.05) is 6.61 Å². The van der Waals surface area contributed by atoms with Crippen molar-refractivity contribution in [3.63, 3.8) is 0 Å². The van der Waals surface area contributed by atoms with Crippen molar-refractivity contribution < 1.29 is 24.2 Å². The van der Waals surface area contributed by atoms with Gasteiger partial charge in [-0.15, -0.1) is 11.3 Å². The third-order valence-electron chi connectivity index (χ3n) is 3.67. The van der Waals surface area contributed by atoms with Crippen LogP contribution in [-0.2, 0) is 9.53 Å². The van der Waals surface area contributed by atoms with Crippen molar-refractivity contribution in [2.24, 2.45) is 4.99 Å². The first-order chi connectivity index (χ1) is 11.4. The summed E-state index contributed by atoms with van der Waals surface area (Å²) < 4.78 is 5.03. The van der Waals surface area contributed by atoms with Gasteiger partial charge in [0.1, 0.15) is 10.8 Å². The lowest BCUT2D eigenvalue weighted by atomic mass is 9.97. The maximum absolute atomic E-state index is 12.2. The number of aliphatic hydroxyl groups excluding tert-OH is 1. The molecule has 1 aromatic heterocycles. The number of aliphatic imine (C=N–C) groups is 1. The molecule has 0 saturated carbocycles. The predicted octanol–water partition coefficient (Wildman–Crippen LogP) is 3.70. The SMILES string of the molecule is CCOC(=O)c1c(/N=C/C2=C(O)CCCC2=O)sc(C(C)=O)c1C. The number of Topliss-reactive ketones (excluding diaryl/α,β-unsaturated/α-hetero) is 2. The Labute approximate surface area is 143 Å². The summed E-state index contributed by atoms with van der Waals surface area (Å²) in [5, 5.41) is 10.2. The van der Waals surface area contributed by atoms with Gasteiger partial charge in [-0.2, -0.15) is 0 Å². The van der Waals surface area contributed by atoms with Crippen molar-refractivity contribution in [3.8, 4) is 0 Å². The molecule has 1 aromatic rings. The molecule has 1 aliphatic rings. The first-order valence-corrected chi connectivity index (χ1v) is 8.49. The number of rotatable bonds is 5. The lowest BCUT2D eigenvalue weighted by Crippen LogP contribution is -2.12. The van der Waals surface area contributed by atoms with Crippen molar-refractivity contribution in [1.82, 2.24) is 0 Å². The first kappa shape index (κ1) is 18.1. The lowest BCUT2D eigenvalue weighted by Gasteiger charge is -2.11. The number of aliphatic hydroxyl groups is 1. The van der Waals surface area contributed by atoms with Crippen LogP contribution in [-0.4, -0.2) is 35.5 Å². The highest BCUT2D eigenvalue weighted by Crippen LogP contribution is 2.36. The van der Waals surface area contributed by atoms with E-state index in [9.17, 15) is 19.5 Å². The summed E-state index contributed by atoms with van der Waals surface area (Å²) in [6.07, 6.45) is 2.68. The molecule has 0 fully saturated rings. The number of esters is 1. The quantitative estimate of drug-likeness (QED) is 0.497. The molecule has 128 valence electrons. The van der Waals surface area contributed by atoms with Crippen LogP contribution in [0, 0.1) is 6.92 Å². The van der Waals surface area contributed by atoms with E-state index in [4.69, 9.17) is 4.74 Å². The fraction of sp³-hybridized carbons (Fsp3) is 0.412. The smallest absolute Gasteiger partial charge is 0.341 e. The van der Waals surface area contributed by atoms with Crippen LogP contribution in [0.25, 0.3) is 0 Å². The molecule has 0 unspecified atom stereocenters. The van der Waals surface area contributed by atoms with Crippen LogP contribution in [0.2, 0.25) is 0 Å². The number of nitrogens with zero attached hydrogens (tertiary/aromatic N) is 1. The summed E-state index contributed by atoms with van der Waals surface area (Å²) in [6.45, 7) is 4.98. The minimum absolute atomic E-state index is 0.00718. The van der Waals surface area contributed by atoms with E-state index >= 15 is 0 Å². The lowest BCUT2D eigenvalue weighted by molar-refractivity contribution is -0.115. The maximum atomic E-state index is 12.2. The molecule has 0 amide bonds. The largest absolute Gasteiger partial charge is 0.512 e. The molecule has 0 bridgehead atoms. The van der Waals surface area contributed by atoms with Gasteiger partial charge in [-0.25, -0.2) is 9.79 Å². The Balaban J connectivity index is 2.47. The first-order valence-electron chi connectivity index (χ1n) is 7.67. The number of carbonyl (C=O) groups is 3. The fourth-order valence-electron chi connectivity index (χ4n) is 2.49.